The van der Waals surface area contributed by atoms with Crippen molar-refractivity contribution in [1.82, 2.24) is 4.98 Å². The fourth-order valence-corrected chi connectivity index (χ4v) is 5.81. The fourth-order valence-electron chi connectivity index (χ4n) is 5.81. The van der Waals surface area contributed by atoms with Crippen LogP contribution in [0.4, 0.5) is 0 Å². The second kappa shape index (κ2) is 12.4. The standard InChI is InChI=1S/C33H33NO11/c35-14-25-27(26-23-13-19-4-2-1-3-18(19)12-20(23)7-10-24(26)34-25)44-32(41)29-28(30(38)33(42,16-36)45-29)43-15-21(31(39)40)11-17-5-8-22(37)9-6-17/h1-10,12-13,21,28-31,34-40,42H,11,14-16H2. The van der Waals surface area contributed by atoms with Crippen LogP contribution in [0.25, 0.3) is 32.4 Å². The summed E-state index contributed by atoms with van der Waals surface area (Å²) in [7, 11) is 0. The highest BCUT2D eigenvalue weighted by molar-refractivity contribution is 6.14. The number of phenolic OH excluding ortho intramolecular Hbond substituents is 1. The molecule has 5 aromatic rings. The van der Waals surface area contributed by atoms with E-state index < -0.39 is 62.1 Å². The van der Waals surface area contributed by atoms with E-state index in [4.69, 9.17) is 14.2 Å². The number of aromatic nitrogens is 1. The van der Waals surface area contributed by atoms with Gasteiger partial charge in [0.25, 0.3) is 0 Å². The maximum atomic E-state index is 13.7. The first-order valence-electron chi connectivity index (χ1n) is 14.3. The Hall–Kier alpha value is -4.11. The number of esters is 1. The number of hydrogen-bond acceptors (Lipinski definition) is 11. The van der Waals surface area contributed by atoms with Crippen molar-refractivity contribution in [3.63, 3.8) is 0 Å². The quantitative estimate of drug-likeness (QED) is 0.0641. The molecule has 6 rings (SSSR count). The summed E-state index contributed by atoms with van der Waals surface area (Å²) in [6, 6.07) is 21.5. The van der Waals surface area contributed by atoms with Crippen LogP contribution in [0, 0.1) is 5.92 Å². The number of benzene rings is 4. The van der Waals surface area contributed by atoms with Gasteiger partial charge in [-0.1, -0.05) is 42.5 Å². The van der Waals surface area contributed by atoms with Gasteiger partial charge in [0.05, 0.1) is 36.4 Å². The van der Waals surface area contributed by atoms with Crippen molar-refractivity contribution in [2.45, 2.75) is 43.4 Å². The zero-order valence-corrected chi connectivity index (χ0v) is 23.9. The predicted octanol–water partition coefficient (Wildman–Crippen LogP) is 1.57. The molecule has 5 unspecified atom stereocenters. The molecule has 0 amide bonds. The van der Waals surface area contributed by atoms with E-state index in [9.17, 15) is 40.5 Å². The number of hydrogen-bond donors (Lipinski definition) is 8. The van der Waals surface area contributed by atoms with Crippen molar-refractivity contribution < 1.29 is 54.8 Å². The van der Waals surface area contributed by atoms with Gasteiger partial charge in [0.2, 0.25) is 5.79 Å². The van der Waals surface area contributed by atoms with E-state index in [1.165, 1.54) is 12.1 Å². The lowest BCUT2D eigenvalue weighted by molar-refractivity contribution is -0.246. The highest BCUT2D eigenvalue weighted by Crippen LogP contribution is 2.39. The molecule has 0 radical (unpaired) electrons. The minimum absolute atomic E-state index is 0.0191. The van der Waals surface area contributed by atoms with Gasteiger partial charge in [0.1, 0.15) is 18.0 Å². The largest absolute Gasteiger partial charge is 0.508 e. The molecular weight excluding hydrogens is 586 g/mol. The molecule has 0 aliphatic carbocycles. The molecule has 0 saturated carbocycles. The van der Waals surface area contributed by atoms with Crippen molar-refractivity contribution in [1.29, 1.82) is 0 Å². The van der Waals surface area contributed by atoms with Gasteiger partial charge >= 0.3 is 5.97 Å². The monoisotopic (exact) mass is 619 g/mol. The lowest BCUT2D eigenvalue weighted by Crippen LogP contribution is -2.47. The number of carbonyl (C=O) groups is 1. The van der Waals surface area contributed by atoms with E-state index in [-0.39, 0.29) is 23.6 Å². The number of nitrogens with one attached hydrogen (secondary N) is 1. The number of ether oxygens (including phenoxy) is 3. The number of carbonyl (C=O) groups excluding carboxylic acids is 1. The normalized spacial score (nSPS) is 22.5. The summed E-state index contributed by atoms with van der Waals surface area (Å²) >= 11 is 0. The third-order valence-corrected chi connectivity index (χ3v) is 8.25. The SMILES string of the molecule is O=C(Oc1c(CO)[nH]c2ccc3cc4ccccc4cc3c12)C1OC(O)(CO)C(O)C1OCC(Cc1ccc(O)cc1)C(O)O. The van der Waals surface area contributed by atoms with Gasteiger partial charge in [0, 0.05) is 5.92 Å². The third kappa shape index (κ3) is 5.86. The first-order valence-corrected chi connectivity index (χ1v) is 14.3. The molecular formula is C33H33NO11. The third-order valence-electron chi connectivity index (χ3n) is 8.25. The van der Waals surface area contributed by atoms with Crippen LogP contribution in [-0.2, 0) is 27.3 Å². The molecule has 0 spiro atoms. The van der Waals surface area contributed by atoms with Crippen LogP contribution in [0.15, 0.2) is 72.8 Å². The number of fused-ring (bicyclic) bond motifs is 4. The molecule has 1 aromatic heterocycles. The van der Waals surface area contributed by atoms with Gasteiger partial charge in [-0.15, -0.1) is 0 Å². The Bertz CT molecular complexity index is 1840. The number of aromatic amines is 1. The second-order valence-corrected chi connectivity index (χ2v) is 11.2. The maximum Gasteiger partial charge on any atom is 0.343 e. The summed E-state index contributed by atoms with van der Waals surface area (Å²) in [6.07, 6.45) is -7.02. The first-order chi connectivity index (χ1) is 21.6. The van der Waals surface area contributed by atoms with Crippen molar-refractivity contribution in [3.05, 3.63) is 84.1 Å². The number of H-pyrrole nitrogens is 1. The molecule has 12 heteroatoms. The molecule has 1 aliphatic rings. The second-order valence-electron chi connectivity index (χ2n) is 11.2. The minimum Gasteiger partial charge on any atom is -0.508 e. The van der Waals surface area contributed by atoms with Crippen LogP contribution < -0.4 is 4.74 Å². The molecule has 1 saturated heterocycles. The highest BCUT2D eigenvalue weighted by atomic mass is 16.7. The Balaban J connectivity index is 1.31. The highest BCUT2D eigenvalue weighted by Gasteiger charge is 2.58. The van der Waals surface area contributed by atoms with Crippen LogP contribution in [0.5, 0.6) is 11.5 Å². The summed E-state index contributed by atoms with van der Waals surface area (Å²) in [4.78, 5) is 16.8. The van der Waals surface area contributed by atoms with Crippen molar-refractivity contribution in [3.8, 4) is 11.5 Å². The van der Waals surface area contributed by atoms with E-state index in [0.29, 0.717) is 16.5 Å². The summed E-state index contributed by atoms with van der Waals surface area (Å²) in [6.45, 7) is -1.99. The summed E-state index contributed by atoms with van der Waals surface area (Å²) in [5.41, 5.74) is 1.44. The van der Waals surface area contributed by atoms with Gasteiger partial charge in [-0.05, 0) is 63.9 Å². The average molecular weight is 620 g/mol. The topological polar surface area (TPSA) is 202 Å². The Morgan fingerprint density at radius 1 is 0.978 bits per heavy atom. The van der Waals surface area contributed by atoms with E-state index in [0.717, 1.165) is 21.5 Å². The molecule has 236 valence electrons. The summed E-state index contributed by atoms with van der Waals surface area (Å²) in [5.74, 6) is -4.56. The Labute approximate surface area is 256 Å². The van der Waals surface area contributed by atoms with Crippen LogP contribution in [0.2, 0.25) is 0 Å². The smallest absolute Gasteiger partial charge is 0.343 e. The zero-order valence-electron chi connectivity index (χ0n) is 23.9. The number of aromatic hydroxyl groups is 1. The van der Waals surface area contributed by atoms with E-state index >= 15 is 0 Å². The molecule has 1 aliphatic heterocycles. The summed E-state index contributed by atoms with van der Waals surface area (Å²) in [5, 5.41) is 75.2. The van der Waals surface area contributed by atoms with Gasteiger partial charge in [-0.2, -0.15) is 0 Å². The molecule has 1 fully saturated rings. The van der Waals surface area contributed by atoms with E-state index in [1.54, 1.807) is 18.2 Å². The number of rotatable bonds is 10. The Morgan fingerprint density at radius 3 is 2.36 bits per heavy atom. The van der Waals surface area contributed by atoms with Gasteiger partial charge in [-0.3, -0.25) is 0 Å². The van der Waals surface area contributed by atoms with Crippen LogP contribution >= 0.6 is 0 Å². The van der Waals surface area contributed by atoms with Crippen molar-refractivity contribution in [2.75, 3.05) is 13.2 Å². The average Bonchev–Trinajstić information content (AvgIpc) is 3.53. The van der Waals surface area contributed by atoms with Crippen LogP contribution in [0.3, 0.4) is 0 Å². The Morgan fingerprint density at radius 2 is 1.69 bits per heavy atom. The molecule has 5 atom stereocenters. The maximum absolute atomic E-state index is 13.7. The fraction of sp³-hybridized carbons (Fsp3) is 0.303. The molecule has 4 aromatic carbocycles. The number of aliphatic hydroxyl groups excluding tert-OH is 4. The lowest BCUT2D eigenvalue weighted by atomic mass is 9.99. The van der Waals surface area contributed by atoms with Gasteiger partial charge < -0.3 is 54.9 Å². The van der Waals surface area contributed by atoms with Crippen molar-refractivity contribution >= 4 is 38.4 Å². The Kier molecular flexibility index (Phi) is 8.48. The number of aliphatic hydroxyl groups is 6. The lowest BCUT2D eigenvalue weighted by Gasteiger charge is -2.26. The predicted molar refractivity (Wildman–Crippen MR) is 161 cm³/mol. The molecule has 12 nitrogen and oxygen atoms in total. The zero-order chi connectivity index (χ0) is 31.9. The van der Waals surface area contributed by atoms with Crippen molar-refractivity contribution in [2.24, 2.45) is 5.92 Å². The van der Waals surface area contributed by atoms with E-state index in [2.05, 4.69) is 4.98 Å². The molecule has 2 heterocycles. The van der Waals surface area contributed by atoms with Crippen LogP contribution in [-0.4, -0.2) is 90.3 Å². The van der Waals surface area contributed by atoms with Gasteiger partial charge in [0.15, 0.2) is 18.1 Å². The van der Waals surface area contributed by atoms with Gasteiger partial charge in [-0.25, -0.2) is 4.79 Å². The molecule has 0 bridgehead atoms. The van der Waals surface area contributed by atoms with E-state index in [1.807, 2.05) is 42.5 Å². The number of phenols is 1. The molecule has 8 N–H and O–H groups in total. The molecule has 45 heavy (non-hydrogen) atoms. The van der Waals surface area contributed by atoms with Crippen LogP contribution in [0.1, 0.15) is 11.3 Å². The first kappa shape index (κ1) is 30.9. The summed E-state index contributed by atoms with van der Waals surface area (Å²) < 4.78 is 17.0. The minimum atomic E-state index is -2.58.